The largest absolute Gasteiger partial charge is 0.507 e. The van der Waals surface area contributed by atoms with Crippen LogP contribution in [0.1, 0.15) is 11.1 Å². The molecule has 0 saturated carbocycles. The lowest BCUT2D eigenvalue weighted by Crippen LogP contribution is -2.06. The lowest BCUT2D eigenvalue weighted by molar-refractivity contribution is -0.117. The molecule has 3 heteroatoms. The van der Waals surface area contributed by atoms with E-state index in [1.807, 2.05) is 72.8 Å². The monoisotopic (exact) mass is 394 g/mol. The highest BCUT2D eigenvalue weighted by atomic mass is 16.3. The first-order valence-electron chi connectivity index (χ1n) is 9.86. The smallest absolute Gasteiger partial charge is 0.141 e. The molecule has 148 valence electrons. The number of rotatable bonds is 6. The van der Waals surface area contributed by atoms with Gasteiger partial charge in [0.25, 0.3) is 0 Å². The van der Waals surface area contributed by atoms with Crippen LogP contribution in [-0.4, -0.2) is 16.0 Å². The van der Waals surface area contributed by atoms with Gasteiger partial charge in [-0.15, -0.1) is 0 Å². The summed E-state index contributed by atoms with van der Waals surface area (Å²) in [6.07, 6.45) is 0.727. The van der Waals surface area contributed by atoms with Crippen LogP contribution in [0.25, 0.3) is 22.3 Å². The van der Waals surface area contributed by atoms with E-state index in [9.17, 15) is 15.0 Å². The maximum Gasteiger partial charge on any atom is 0.141 e. The van der Waals surface area contributed by atoms with Gasteiger partial charge in [0.05, 0.1) is 0 Å². The number of Topliss-reactive ketones (excluding diaryl/α,β-unsaturated/α-hetero) is 1. The maximum atomic E-state index is 12.5. The number of hydrogen-bond donors (Lipinski definition) is 2. The van der Waals surface area contributed by atoms with Crippen LogP contribution in [0, 0.1) is 0 Å². The van der Waals surface area contributed by atoms with Crippen LogP contribution in [0.4, 0.5) is 0 Å². The Kier molecular flexibility index (Phi) is 5.62. The van der Waals surface area contributed by atoms with Gasteiger partial charge in [-0.3, -0.25) is 4.79 Å². The van der Waals surface area contributed by atoms with E-state index < -0.39 is 0 Å². The van der Waals surface area contributed by atoms with Crippen molar-refractivity contribution in [2.24, 2.45) is 0 Å². The molecule has 2 N–H and O–H groups in total. The van der Waals surface area contributed by atoms with Crippen LogP contribution in [0.3, 0.4) is 0 Å². The first-order chi connectivity index (χ1) is 14.6. The molecule has 0 fully saturated rings. The van der Waals surface area contributed by atoms with Crippen molar-refractivity contribution < 1.29 is 15.0 Å². The predicted octanol–water partition coefficient (Wildman–Crippen LogP) is 5.79. The fourth-order valence-electron chi connectivity index (χ4n) is 3.56. The van der Waals surface area contributed by atoms with E-state index in [1.165, 1.54) is 0 Å². The number of phenolic OH excluding ortho intramolecular Hbond substituents is 2. The van der Waals surface area contributed by atoms with Crippen molar-refractivity contribution >= 4 is 5.78 Å². The summed E-state index contributed by atoms with van der Waals surface area (Å²) in [6.45, 7) is 0. The Hall–Kier alpha value is -3.85. The first kappa shape index (κ1) is 19.5. The fourth-order valence-corrected chi connectivity index (χ4v) is 3.56. The first-order valence-corrected chi connectivity index (χ1v) is 9.86. The minimum atomic E-state index is 0.139. The zero-order valence-electron chi connectivity index (χ0n) is 16.5. The van der Waals surface area contributed by atoms with Crippen molar-refractivity contribution in [2.75, 3.05) is 0 Å². The van der Waals surface area contributed by atoms with E-state index >= 15 is 0 Å². The van der Waals surface area contributed by atoms with Gasteiger partial charge in [-0.2, -0.15) is 0 Å². The Bertz CT molecular complexity index is 1070. The molecule has 0 aliphatic rings. The van der Waals surface area contributed by atoms with Crippen molar-refractivity contribution in [3.8, 4) is 33.8 Å². The number of phenols is 2. The summed E-state index contributed by atoms with van der Waals surface area (Å²) in [5.41, 5.74) is 5.29. The molecule has 0 saturated heterocycles. The number of para-hydroxylation sites is 2. The quantitative estimate of drug-likeness (QED) is 0.435. The minimum Gasteiger partial charge on any atom is -0.507 e. The third-order valence-electron chi connectivity index (χ3n) is 5.14. The number of carbonyl (C=O) groups is 1. The lowest BCUT2D eigenvalue weighted by Gasteiger charge is -2.07. The number of aromatic hydroxyl groups is 2. The summed E-state index contributed by atoms with van der Waals surface area (Å²) < 4.78 is 0. The highest BCUT2D eigenvalue weighted by Crippen LogP contribution is 2.30. The van der Waals surface area contributed by atoms with Crippen LogP contribution in [0.5, 0.6) is 11.5 Å². The molecule has 4 aromatic rings. The van der Waals surface area contributed by atoms with Crippen molar-refractivity contribution in [1.29, 1.82) is 0 Å². The zero-order chi connectivity index (χ0) is 20.9. The van der Waals surface area contributed by atoms with Gasteiger partial charge in [0.2, 0.25) is 0 Å². The van der Waals surface area contributed by atoms with Gasteiger partial charge >= 0.3 is 0 Å². The second-order valence-corrected chi connectivity index (χ2v) is 7.32. The summed E-state index contributed by atoms with van der Waals surface area (Å²) in [7, 11) is 0. The van der Waals surface area contributed by atoms with Crippen molar-refractivity contribution in [2.45, 2.75) is 12.8 Å². The van der Waals surface area contributed by atoms with Crippen molar-refractivity contribution in [3.63, 3.8) is 0 Å². The van der Waals surface area contributed by atoms with Gasteiger partial charge in [0.15, 0.2) is 0 Å². The Morgan fingerprint density at radius 3 is 1.27 bits per heavy atom. The van der Waals surface area contributed by atoms with Gasteiger partial charge in [0.1, 0.15) is 17.3 Å². The Labute approximate surface area is 175 Å². The molecule has 4 rings (SSSR count). The standard InChI is InChI=1S/C27H22O3/c28-23(17-19-9-13-21(14-10-19)24-5-1-3-7-26(24)29)18-20-11-15-22(16-12-20)25-6-2-4-8-27(25)30/h1-16,29-30H,17-18H2. The molecule has 0 unspecified atom stereocenters. The Morgan fingerprint density at radius 2 is 0.900 bits per heavy atom. The normalized spacial score (nSPS) is 10.7. The minimum absolute atomic E-state index is 0.139. The average molecular weight is 394 g/mol. The van der Waals surface area contributed by atoms with Crippen molar-refractivity contribution in [1.82, 2.24) is 0 Å². The second-order valence-electron chi connectivity index (χ2n) is 7.32. The highest BCUT2D eigenvalue weighted by Gasteiger charge is 2.09. The molecule has 0 amide bonds. The van der Waals surface area contributed by atoms with E-state index in [0.29, 0.717) is 12.8 Å². The van der Waals surface area contributed by atoms with Crippen LogP contribution >= 0.6 is 0 Å². The average Bonchev–Trinajstić information content (AvgIpc) is 2.76. The molecule has 0 aliphatic carbocycles. The molecular formula is C27H22O3. The fraction of sp³-hybridized carbons (Fsp3) is 0.0741. The third kappa shape index (κ3) is 4.41. The Morgan fingerprint density at radius 1 is 0.533 bits per heavy atom. The number of carbonyl (C=O) groups excluding carboxylic acids is 1. The van der Waals surface area contributed by atoms with Crippen LogP contribution in [0.2, 0.25) is 0 Å². The topological polar surface area (TPSA) is 57.5 Å². The van der Waals surface area contributed by atoms with Crippen LogP contribution in [0.15, 0.2) is 97.1 Å². The lowest BCUT2D eigenvalue weighted by atomic mass is 9.98. The van der Waals surface area contributed by atoms with E-state index in [2.05, 4.69) is 0 Å². The number of ketones is 1. The van der Waals surface area contributed by atoms with E-state index in [0.717, 1.165) is 33.4 Å². The van der Waals surface area contributed by atoms with Gasteiger partial charge in [-0.05, 0) is 34.4 Å². The SMILES string of the molecule is O=C(Cc1ccc(-c2ccccc2O)cc1)Cc1ccc(-c2ccccc2O)cc1. The number of benzene rings is 4. The maximum absolute atomic E-state index is 12.5. The van der Waals surface area contributed by atoms with Gasteiger partial charge in [-0.1, -0.05) is 84.9 Å². The third-order valence-corrected chi connectivity index (χ3v) is 5.14. The molecular weight excluding hydrogens is 372 g/mol. The molecule has 0 spiro atoms. The van der Waals surface area contributed by atoms with Gasteiger partial charge in [0, 0.05) is 24.0 Å². The summed E-state index contributed by atoms with van der Waals surface area (Å²) in [6, 6.07) is 29.9. The second kappa shape index (κ2) is 8.66. The molecule has 0 aliphatic heterocycles. The summed E-state index contributed by atoms with van der Waals surface area (Å²) >= 11 is 0. The Balaban J connectivity index is 1.40. The molecule has 4 aromatic carbocycles. The molecule has 30 heavy (non-hydrogen) atoms. The summed E-state index contributed by atoms with van der Waals surface area (Å²) in [5.74, 6) is 0.628. The molecule has 0 bridgehead atoms. The van der Waals surface area contributed by atoms with Crippen LogP contribution in [-0.2, 0) is 17.6 Å². The molecule has 0 radical (unpaired) electrons. The van der Waals surface area contributed by atoms with Crippen molar-refractivity contribution in [3.05, 3.63) is 108 Å². The number of hydrogen-bond acceptors (Lipinski definition) is 3. The molecule has 0 heterocycles. The van der Waals surface area contributed by atoms with Crippen LogP contribution < -0.4 is 0 Å². The van der Waals surface area contributed by atoms with E-state index in [-0.39, 0.29) is 17.3 Å². The molecule has 3 nitrogen and oxygen atoms in total. The summed E-state index contributed by atoms with van der Waals surface area (Å²) in [5, 5.41) is 20.0. The van der Waals surface area contributed by atoms with Gasteiger partial charge in [-0.25, -0.2) is 0 Å². The summed E-state index contributed by atoms with van der Waals surface area (Å²) in [4.78, 5) is 12.5. The highest BCUT2D eigenvalue weighted by molar-refractivity contribution is 5.83. The van der Waals surface area contributed by atoms with E-state index in [1.54, 1.807) is 24.3 Å². The molecule has 0 atom stereocenters. The zero-order valence-corrected chi connectivity index (χ0v) is 16.5. The van der Waals surface area contributed by atoms with Gasteiger partial charge < -0.3 is 10.2 Å². The van der Waals surface area contributed by atoms with E-state index in [4.69, 9.17) is 0 Å². The predicted molar refractivity (Wildman–Crippen MR) is 120 cm³/mol. The molecule has 0 aromatic heterocycles.